The second-order valence-electron chi connectivity index (χ2n) is 4.15. The van der Waals surface area contributed by atoms with Crippen LogP contribution < -0.4 is 10.1 Å². The van der Waals surface area contributed by atoms with Crippen molar-refractivity contribution in [3.05, 3.63) is 23.8 Å². The van der Waals surface area contributed by atoms with Crippen LogP contribution in [0.25, 0.3) is 0 Å². The third kappa shape index (κ3) is 2.61. The Kier molecular flexibility index (Phi) is 3.50. The lowest BCUT2D eigenvalue weighted by atomic mass is 10.0. The number of carbonyl (C=O) groups excluding carboxylic acids is 2. The number of hydrogen-bond acceptors (Lipinski definition) is 4. The molecule has 0 saturated heterocycles. The Morgan fingerprint density at radius 1 is 1.39 bits per heavy atom. The summed E-state index contributed by atoms with van der Waals surface area (Å²) < 4.78 is 10.1. The molecule has 5 heteroatoms. The Morgan fingerprint density at radius 3 is 2.89 bits per heavy atom. The second-order valence-corrected chi connectivity index (χ2v) is 4.15. The van der Waals surface area contributed by atoms with Crippen LogP contribution in [0.15, 0.2) is 18.2 Å². The first-order valence-electron chi connectivity index (χ1n) is 5.77. The largest absolute Gasteiger partial charge is 0.479 e. The van der Waals surface area contributed by atoms with E-state index in [1.807, 2.05) is 6.07 Å². The molecule has 1 aliphatic heterocycles. The molecule has 0 saturated carbocycles. The first kappa shape index (κ1) is 12.4. The summed E-state index contributed by atoms with van der Waals surface area (Å²) in [6.45, 7) is 1.63. The Balaban J connectivity index is 2.12. The molecule has 2 rings (SSSR count). The zero-order chi connectivity index (χ0) is 13.1. The summed E-state index contributed by atoms with van der Waals surface area (Å²) in [6, 6.07) is 5.35. The Morgan fingerprint density at radius 2 is 2.17 bits per heavy atom. The molecule has 0 unspecified atom stereocenters. The van der Waals surface area contributed by atoms with E-state index in [1.54, 1.807) is 19.1 Å². The zero-order valence-corrected chi connectivity index (χ0v) is 10.4. The van der Waals surface area contributed by atoms with Gasteiger partial charge in [0, 0.05) is 12.1 Å². The summed E-state index contributed by atoms with van der Waals surface area (Å²) in [4.78, 5) is 22.5. The molecule has 0 aromatic heterocycles. The lowest BCUT2D eigenvalue weighted by molar-refractivity contribution is -0.147. The van der Waals surface area contributed by atoms with Crippen LogP contribution in [0.5, 0.6) is 5.75 Å². The maximum Gasteiger partial charge on any atom is 0.346 e. The molecule has 0 radical (unpaired) electrons. The molecule has 1 aromatic carbocycles. The SMILES string of the molecule is COC(=O)[C@@H](C)Oc1ccc2c(c1)CCC(=O)N2. The normalized spacial score (nSPS) is 15.3. The van der Waals surface area contributed by atoms with Gasteiger partial charge in [-0.3, -0.25) is 4.79 Å². The maximum atomic E-state index is 11.2. The van der Waals surface area contributed by atoms with Gasteiger partial charge in [-0.1, -0.05) is 0 Å². The second kappa shape index (κ2) is 5.08. The minimum Gasteiger partial charge on any atom is -0.479 e. The van der Waals surface area contributed by atoms with Crippen molar-refractivity contribution < 1.29 is 19.1 Å². The topological polar surface area (TPSA) is 64.6 Å². The molecule has 5 nitrogen and oxygen atoms in total. The summed E-state index contributed by atoms with van der Waals surface area (Å²) in [5, 5.41) is 2.79. The number of aryl methyl sites for hydroxylation is 1. The average Bonchev–Trinajstić information content (AvgIpc) is 2.38. The molecule has 1 heterocycles. The minimum absolute atomic E-state index is 0.0269. The van der Waals surface area contributed by atoms with Crippen molar-refractivity contribution in [1.82, 2.24) is 0 Å². The van der Waals surface area contributed by atoms with Gasteiger partial charge in [-0.05, 0) is 37.1 Å². The van der Waals surface area contributed by atoms with Crippen molar-refractivity contribution in [3.8, 4) is 5.75 Å². The van der Waals surface area contributed by atoms with E-state index in [1.165, 1.54) is 7.11 Å². The van der Waals surface area contributed by atoms with Crippen LogP contribution in [0, 0.1) is 0 Å². The summed E-state index contributed by atoms with van der Waals surface area (Å²) in [7, 11) is 1.32. The van der Waals surface area contributed by atoms with Crippen LogP contribution in [0.2, 0.25) is 0 Å². The van der Waals surface area contributed by atoms with Crippen molar-refractivity contribution in [1.29, 1.82) is 0 Å². The van der Waals surface area contributed by atoms with E-state index in [-0.39, 0.29) is 5.91 Å². The van der Waals surface area contributed by atoms with Crippen molar-refractivity contribution in [2.45, 2.75) is 25.9 Å². The number of nitrogens with one attached hydrogen (secondary N) is 1. The van der Waals surface area contributed by atoms with E-state index in [9.17, 15) is 9.59 Å². The van der Waals surface area contributed by atoms with Gasteiger partial charge in [0.05, 0.1) is 7.11 Å². The first-order valence-corrected chi connectivity index (χ1v) is 5.77. The monoisotopic (exact) mass is 249 g/mol. The quantitative estimate of drug-likeness (QED) is 0.825. The molecule has 18 heavy (non-hydrogen) atoms. The van der Waals surface area contributed by atoms with Crippen LogP contribution in [0.1, 0.15) is 18.9 Å². The number of amides is 1. The van der Waals surface area contributed by atoms with E-state index < -0.39 is 12.1 Å². The zero-order valence-electron chi connectivity index (χ0n) is 10.4. The number of anilines is 1. The highest BCUT2D eigenvalue weighted by Crippen LogP contribution is 2.27. The summed E-state index contributed by atoms with van der Waals surface area (Å²) >= 11 is 0. The van der Waals surface area contributed by atoms with E-state index in [4.69, 9.17) is 4.74 Å². The number of esters is 1. The predicted octanol–water partition coefficient (Wildman–Crippen LogP) is 1.51. The molecule has 96 valence electrons. The average molecular weight is 249 g/mol. The van der Waals surface area contributed by atoms with Crippen LogP contribution in [-0.2, 0) is 20.7 Å². The molecule has 1 N–H and O–H groups in total. The van der Waals surface area contributed by atoms with Crippen molar-refractivity contribution in [2.24, 2.45) is 0 Å². The standard InChI is InChI=1S/C13H15NO4/c1-8(13(16)17-2)18-10-4-5-11-9(7-10)3-6-12(15)14-11/h4-5,7-8H,3,6H2,1-2H3,(H,14,15)/t8-/m1/s1. The van der Waals surface area contributed by atoms with Gasteiger partial charge in [0.25, 0.3) is 0 Å². The van der Waals surface area contributed by atoms with Gasteiger partial charge in [0.15, 0.2) is 6.10 Å². The number of rotatable bonds is 3. The lowest BCUT2D eigenvalue weighted by Gasteiger charge is -2.19. The number of carbonyl (C=O) groups is 2. The fourth-order valence-corrected chi connectivity index (χ4v) is 1.85. The Bertz CT molecular complexity index is 484. The van der Waals surface area contributed by atoms with E-state index in [0.29, 0.717) is 18.6 Å². The summed E-state index contributed by atoms with van der Waals surface area (Å²) in [5.74, 6) is 0.211. The molecular weight excluding hydrogens is 234 g/mol. The highest BCUT2D eigenvalue weighted by molar-refractivity contribution is 5.94. The number of methoxy groups -OCH3 is 1. The molecule has 1 atom stereocenters. The van der Waals surface area contributed by atoms with E-state index in [0.717, 1.165) is 11.3 Å². The van der Waals surface area contributed by atoms with Crippen LogP contribution in [0.4, 0.5) is 5.69 Å². The van der Waals surface area contributed by atoms with Gasteiger partial charge in [0.1, 0.15) is 5.75 Å². The summed E-state index contributed by atoms with van der Waals surface area (Å²) in [5.41, 5.74) is 1.83. The Labute approximate surface area is 105 Å². The number of hydrogen-bond donors (Lipinski definition) is 1. The first-order chi connectivity index (χ1) is 8.60. The van der Waals surface area contributed by atoms with Gasteiger partial charge in [-0.2, -0.15) is 0 Å². The molecule has 1 aliphatic rings. The molecule has 1 amide bonds. The molecular formula is C13H15NO4. The predicted molar refractivity (Wildman–Crippen MR) is 65.5 cm³/mol. The van der Waals surface area contributed by atoms with Crippen molar-refractivity contribution >= 4 is 17.6 Å². The Hall–Kier alpha value is -2.04. The molecule has 0 bridgehead atoms. The molecule has 1 aromatic rings. The van der Waals surface area contributed by atoms with Gasteiger partial charge in [-0.15, -0.1) is 0 Å². The molecule has 0 fully saturated rings. The fourth-order valence-electron chi connectivity index (χ4n) is 1.85. The molecule has 0 spiro atoms. The minimum atomic E-state index is -0.647. The van der Waals surface area contributed by atoms with Gasteiger partial charge in [-0.25, -0.2) is 4.79 Å². The smallest absolute Gasteiger partial charge is 0.346 e. The van der Waals surface area contributed by atoms with Gasteiger partial charge >= 0.3 is 5.97 Å². The van der Waals surface area contributed by atoms with E-state index >= 15 is 0 Å². The number of fused-ring (bicyclic) bond motifs is 1. The van der Waals surface area contributed by atoms with Crippen molar-refractivity contribution in [2.75, 3.05) is 12.4 Å². The van der Waals surface area contributed by atoms with E-state index in [2.05, 4.69) is 10.1 Å². The molecule has 0 aliphatic carbocycles. The maximum absolute atomic E-state index is 11.2. The highest BCUT2D eigenvalue weighted by Gasteiger charge is 2.18. The highest BCUT2D eigenvalue weighted by atomic mass is 16.6. The fraction of sp³-hybridized carbons (Fsp3) is 0.385. The third-order valence-electron chi connectivity index (χ3n) is 2.82. The van der Waals surface area contributed by atoms with Gasteiger partial charge < -0.3 is 14.8 Å². The third-order valence-corrected chi connectivity index (χ3v) is 2.82. The van der Waals surface area contributed by atoms with Crippen LogP contribution >= 0.6 is 0 Å². The van der Waals surface area contributed by atoms with Crippen LogP contribution in [-0.4, -0.2) is 25.1 Å². The number of ether oxygens (including phenoxy) is 2. The van der Waals surface area contributed by atoms with Crippen LogP contribution in [0.3, 0.4) is 0 Å². The summed E-state index contributed by atoms with van der Waals surface area (Å²) in [6.07, 6.45) is 0.514. The number of benzene rings is 1. The lowest BCUT2D eigenvalue weighted by Crippen LogP contribution is -2.25. The van der Waals surface area contributed by atoms with Crippen molar-refractivity contribution in [3.63, 3.8) is 0 Å². The van der Waals surface area contributed by atoms with Gasteiger partial charge in [0.2, 0.25) is 5.91 Å².